The highest BCUT2D eigenvalue weighted by Crippen LogP contribution is 2.13. The number of Topliss-reactive ketones (excluding diaryl/α,β-unsaturated/α-hetero) is 2. The van der Waals surface area contributed by atoms with Gasteiger partial charge in [0.25, 0.3) is 0 Å². The molecule has 1 unspecified atom stereocenters. The Hall–Kier alpha value is -1.06. The van der Waals surface area contributed by atoms with Crippen LogP contribution >= 0.6 is 0 Å². The molecule has 4 heteroatoms. The Labute approximate surface area is 51.2 Å². The number of rotatable bonds is 1. The van der Waals surface area contributed by atoms with Crippen molar-refractivity contribution in [2.75, 3.05) is 0 Å². The summed E-state index contributed by atoms with van der Waals surface area (Å²) in [7, 11) is 0. The molecule has 1 aliphatic carbocycles. The van der Waals surface area contributed by atoms with Gasteiger partial charge in [0.2, 0.25) is 0 Å². The van der Waals surface area contributed by atoms with Crippen LogP contribution in [0.1, 0.15) is 12.8 Å². The number of ketones is 2. The van der Waals surface area contributed by atoms with Crippen LogP contribution in [0, 0.1) is 4.91 Å². The number of hydrogen-bond acceptors (Lipinski definition) is 4. The van der Waals surface area contributed by atoms with Crippen LogP contribution in [-0.2, 0) is 9.59 Å². The number of carbonyl (C=O) groups excluding carboxylic acids is 2. The van der Waals surface area contributed by atoms with Gasteiger partial charge in [0.05, 0.1) is 6.42 Å². The van der Waals surface area contributed by atoms with Gasteiger partial charge in [0.15, 0.2) is 11.8 Å². The quantitative estimate of drug-likeness (QED) is 0.369. The lowest BCUT2D eigenvalue weighted by atomic mass is 10.3. The van der Waals surface area contributed by atoms with E-state index < -0.39 is 6.04 Å². The van der Waals surface area contributed by atoms with Crippen molar-refractivity contribution in [3.63, 3.8) is 0 Å². The minimum atomic E-state index is -0.877. The minimum absolute atomic E-state index is 0.0162. The van der Waals surface area contributed by atoms with E-state index in [2.05, 4.69) is 5.18 Å². The molecule has 4 nitrogen and oxygen atoms in total. The fraction of sp³-hybridized carbons (Fsp3) is 0.600. The summed E-state index contributed by atoms with van der Waals surface area (Å²) in [5, 5.41) is 2.50. The van der Waals surface area contributed by atoms with Gasteiger partial charge in [-0.1, -0.05) is 5.18 Å². The third kappa shape index (κ3) is 1.01. The Morgan fingerprint density at radius 2 is 2.11 bits per heavy atom. The molecule has 0 saturated heterocycles. The van der Waals surface area contributed by atoms with Gasteiger partial charge < -0.3 is 0 Å². The lowest BCUT2D eigenvalue weighted by Gasteiger charge is -1.87. The summed E-state index contributed by atoms with van der Waals surface area (Å²) in [4.78, 5) is 30.6. The molecule has 9 heavy (non-hydrogen) atoms. The van der Waals surface area contributed by atoms with E-state index in [4.69, 9.17) is 0 Å². The summed E-state index contributed by atoms with van der Waals surface area (Å²) in [6.07, 6.45) is -0.0846. The fourth-order valence-corrected chi connectivity index (χ4v) is 0.810. The molecular weight excluding hydrogens is 122 g/mol. The van der Waals surface area contributed by atoms with Crippen molar-refractivity contribution in [3.8, 4) is 0 Å². The van der Waals surface area contributed by atoms with E-state index in [1.54, 1.807) is 0 Å². The third-order valence-corrected chi connectivity index (χ3v) is 1.29. The zero-order valence-electron chi connectivity index (χ0n) is 4.66. The molecule has 0 heterocycles. The molecule has 0 amide bonds. The average molecular weight is 127 g/mol. The van der Waals surface area contributed by atoms with Crippen molar-refractivity contribution in [2.45, 2.75) is 18.9 Å². The van der Waals surface area contributed by atoms with Gasteiger partial charge in [-0.2, -0.15) is 4.91 Å². The molecule has 1 aliphatic rings. The highest BCUT2D eigenvalue weighted by atomic mass is 16.3. The van der Waals surface area contributed by atoms with E-state index >= 15 is 0 Å². The Morgan fingerprint density at radius 3 is 2.33 bits per heavy atom. The highest BCUT2D eigenvalue weighted by molar-refractivity contribution is 6.09. The SMILES string of the molecule is O=NC1CC(=O)CC1=O. The van der Waals surface area contributed by atoms with Gasteiger partial charge >= 0.3 is 0 Å². The van der Waals surface area contributed by atoms with E-state index in [0.717, 1.165) is 0 Å². The molecular formula is C5H5NO3. The second-order valence-electron chi connectivity index (χ2n) is 2.01. The van der Waals surface area contributed by atoms with E-state index in [0.29, 0.717) is 0 Å². The van der Waals surface area contributed by atoms with Gasteiger partial charge in [-0.05, 0) is 0 Å². The monoisotopic (exact) mass is 127 g/mol. The van der Waals surface area contributed by atoms with Crippen LogP contribution in [0.4, 0.5) is 0 Å². The number of nitroso groups, excluding NO2 is 1. The van der Waals surface area contributed by atoms with Crippen molar-refractivity contribution in [2.24, 2.45) is 5.18 Å². The molecule has 0 spiro atoms. The molecule has 1 atom stereocenters. The van der Waals surface area contributed by atoms with E-state index in [1.165, 1.54) is 0 Å². The standard InChI is InChI=1S/C5H5NO3/c7-3-1-4(6-9)5(8)2-3/h4H,1-2H2. The van der Waals surface area contributed by atoms with Crippen LogP contribution in [-0.4, -0.2) is 17.6 Å². The first kappa shape index (κ1) is 6.07. The lowest BCUT2D eigenvalue weighted by molar-refractivity contribution is -0.121. The predicted molar refractivity (Wildman–Crippen MR) is 28.8 cm³/mol. The van der Waals surface area contributed by atoms with Crippen LogP contribution in [0.25, 0.3) is 0 Å². The lowest BCUT2D eigenvalue weighted by Crippen LogP contribution is -2.07. The first-order valence-corrected chi connectivity index (χ1v) is 2.61. The maximum atomic E-state index is 10.5. The van der Waals surface area contributed by atoms with Crippen LogP contribution in [0.5, 0.6) is 0 Å². The molecule has 0 N–H and O–H groups in total. The third-order valence-electron chi connectivity index (χ3n) is 1.29. The maximum absolute atomic E-state index is 10.5. The highest BCUT2D eigenvalue weighted by Gasteiger charge is 2.31. The molecule has 1 fully saturated rings. The topological polar surface area (TPSA) is 63.6 Å². The summed E-state index contributed by atoms with van der Waals surface area (Å²) < 4.78 is 0. The van der Waals surface area contributed by atoms with Gasteiger partial charge in [-0.3, -0.25) is 9.59 Å². The van der Waals surface area contributed by atoms with Gasteiger partial charge in [0.1, 0.15) is 5.78 Å². The van der Waals surface area contributed by atoms with Crippen molar-refractivity contribution in [1.82, 2.24) is 0 Å². The summed E-state index contributed by atoms with van der Waals surface area (Å²) in [5.74, 6) is -0.514. The normalized spacial score (nSPS) is 26.9. The molecule has 1 rings (SSSR count). The molecule has 1 saturated carbocycles. The number of hydrogen-bond donors (Lipinski definition) is 0. The van der Waals surface area contributed by atoms with Crippen LogP contribution in [0.2, 0.25) is 0 Å². The second kappa shape index (κ2) is 2.05. The summed E-state index contributed by atoms with van der Waals surface area (Å²) in [6, 6.07) is -0.877. The first-order chi connectivity index (χ1) is 4.24. The molecule has 48 valence electrons. The van der Waals surface area contributed by atoms with Gasteiger partial charge in [0, 0.05) is 6.42 Å². The smallest absolute Gasteiger partial charge is 0.168 e. The summed E-state index contributed by atoms with van der Waals surface area (Å²) in [6.45, 7) is 0. The van der Waals surface area contributed by atoms with Crippen LogP contribution in [0.15, 0.2) is 5.18 Å². The van der Waals surface area contributed by atoms with Gasteiger partial charge in [-0.25, -0.2) is 0 Å². The Balaban J connectivity index is 2.68. The van der Waals surface area contributed by atoms with Crippen molar-refractivity contribution in [1.29, 1.82) is 0 Å². The van der Waals surface area contributed by atoms with Crippen molar-refractivity contribution >= 4 is 11.6 Å². The van der Waals surface area contributed by atoms with Crippen molar-refractivity contribution in [3.05, 3.63) is 4.91 Å². The predicted octanol–water partition coefficient (Wildman–Crippen LogP) is 0.0534. The summed E-state index contributed by atoms with van der Waals surface area (Å²) >= 11 is 0. The van der Waals surface area contributed by atoms with E-state index in [9.17, 15) is 14.5 Å². The van der Waals surface area contributed by atoms with Crippen LogP contribution < -0.4 is 0 Å². The molecule has 0 aliphatic heterocycles. The molecule has 0 aromatic carbocycles. The van der Waals surface area contributed by atoms with Gasteiger partial charge in [-0.15, -0.1) is 0 Å². The van der Waals surface area contributed by atoms with E-state index in [1.807, 2.05) is 0 Å². The molecule has 0 aromatic rings. The first-order valence-electron chi connectivity index (χ1n) is 2.61. The second-order valence-corrected chi connectivity index (χ2v) is 2.01. The van der Waals surface area contributed by atoms with Crippen LogP contribution in [0.3, 0.4) is 0 Å². The Kier molecular flexibility index (Phi) is 1.38. The molecule has 0 bridgehead atoms. The molecule has 0 radical (unpaired) electrons. The largest absolute Gasteiger partial charge is 0.299 e. The fourth-order valence-electron chi connectivity index (χ4n) is 0.810. The average Bonchev–Trinajstić information content (AvgIpc) is 2.10. The minimum Gasteiger partial charge on any atom is -0.299 e. The van der Waals surface area contributed by atoms with Crippen molar-refractivity contribution < 1.29 is 9.59 Å². The maximum Gasteiger partial charge on any atom is 0.168 e. The molecule has 0 aromatic heterocycles. The number of nitrogens with zero attached hydrogens (tertiary/aromatic N) is 1. The Bertz CT molecular complexity index is 175. The Morgan fingerprint density at radius 1 is 1.44 bits per heavy atom. The zero-order valence-corrected chi connectivity index (χ0v) is 4.66. The zero-order chi connectivity index (χ0) is 6.85. The number of carbonyl (C=O) groups is 2. The van der Waals surface area contributed by atoms with E-state index in [-0.39, 0.29) is 24.4 Å². The summed E-state index contributed by atoms with van der Waals surface area (Å²) in [5.41, 5.74) is 0.